The van der Waals surface area contributed by atoms with Crippen molar-refractivity contribution in [3.63, 3.8) is 0 Å². The molecule has 2 atom stereocenters. The Morgan fingerprint density at radius 1 is 1.25 bits per heavy atom. The van der Waals surface area contributed by atoms with Gasteiger partial charge in [0.1, 0.15) is 0 Å². The first kappa shape index (κ1) is 11.6. The number of benzene rings is 1. The minimum absolute atomic E-state index is 0.204. The van der Waals surface area contributed by atoms with Gasteiger partial charge in [0.25, 0.3) is 0 Å². The summed E-state index contributed by atoms with van der Waals surface area (Å²) in [6.45, 7) is 8.38. The van der Waals surface area contributed by atoms with Gasteiger partial charge in [-0.3, -0.25) is 0 Å². The van der Waals surface area contributed by atoms with Gasteiger partial charge < -0.3 is 10.1 Å². The van der Waals surface area contributed by atoms with Crippen molar-refractivity contribution in [1.29, 1.82) is 0 Å². The number of hydrogen-bond donors (Lipinski definition) is 1. The third-order valence-electron chi connectivity index (χ3n) is 3.25. The maximum Gasteiger partial charge on any atom is 0.0975 e. The molecule has 0 radical (unpaired) electrons. The molecule has 0 spiro atoms. The molecule has 2 nitrogen and oxygen atoms in total. The zero-order valence-electron chi connectivity index (χ0n) is 10.4. The maximum absolute atomic E-state index is 5.81. The van der Waals surface area contributed by atoms with Gasteiger partial charge in [0.15, 0.2) is 0 Å². The molecule has 0 amide bonds. The van der Waals surface area contributed by atoms with Crippen LogP contribution in [0.15, 0.2) is 24.3 Å². The number of morpholine rings is 1. The summed E-state index contributed by atoms with van der Waals surface area (Å²) in [6, 6.07) is 9.22. The van der Waals surface area contributed by atoms with Crippen molar-refractivity contribution >= 4 is 0 Å². The van der Waals surface area contributed by atoms with Crippen molar-refractivity contribution in [2.75, 3.05) is 13.2 Å². The van der Waals surface area contributed by atoms with E-state index < -0.39 is 0 Å². The Hall–Kier alpha value is -0.860. The monoisotopic (exact) mass is 219 g/mol. The molecule has 2 heteroatoms. The fourth-order valence-corrected chi connectivity index (χ4v) is 2.18. The van der Waals surface area contributed by atoms with Crippen molar-refractivity contribution in [1.82, 2.24) is 5.32 Å². The van der Waals surface area contributed by atoms with Crippen LogP contribution < -0.4 is 5.32 Å². The molecular weight excluding hydrogens is 198 g/mol. The van der Waals surface area contributed by atoms with Gasteiger partial charge in [-0.15, -0.1) is 0 Å². The van der Waals surface area contributed by atoms with Crippen LogP contribution in [0.5, 0.6) is 0 Å². The zero-order chi connectivity index (χ0) is 11.5. The lowest BCUT2D eigenvalue weighted by molar-refractivity contribution is -0.000232. The van der Waals surface area contributed by atoms with E-state index in [4.69, 9.17) is 4.74 Å². The van der Waals surface area contributed by atoms with Crippen LogP contribution in [0.1, 0.15) is 43.9 Å². The summed E-state index contributed by atoms with van der Waals surface area (Å²) >= 11 is 0. The minimum atomic E-state index is 0.204. The molecule has 1 heterocycles. The molecular formula is C14H21NO. The predicted molar refractivity (Wildman–Crippen MR) is 66.7 cm³/mol. The van der Waals surface area contributed by atoms with Crippen LogP contribution in [0.25, 0.3) is 0 Å². The van der Waals surface area contributed by atoms with Crippen LogP contribution in [0.4, 0.5) is 0 Å². The average molecular weight is 219 g/mol. The molecule has 0 saturated carbocycles. The second-order valence-corrected chi connectivity index (χ2v) is 4.86. The summed E-state index contributed by atoms with van der Waals surface area (Å²) in [5, 5.41) is 3.44. The van der Waals surface area contributed by atoms with Gasteiger partial charge in [-0.25, -0.2) is 0 Å². The Morgan fingerprint density at radius 3 is 2.50 bits per heavy atom. The fraction of sp³-hybridized carbons (Fsp3) is 0.571. The van der Waals surface area contributed by atoms with E-state index in [1.807, 2.05) is 0 Å². The normalized spacial score (nSPS) is 26.0. The van der Waals surface area contributed by atoms with Gasteiger partial charge in [0.2, 0.25) is 0 Å². The lowest BCUT2D eigenvalue weighted by Gasteiger charge is -2.30. The highest BCUT2D eigenvalue weighted by Crippen LogP contribution is 2.25. The first-order valence-electron chi connectivity index (χ1n) is 6.13. The van der Waals surface area contributed by atoms with Crippen molar-refractivity contribution in [3.8, 4) is 0 Å². The predicted octanol–water partition coefficient (Wildman–Crippen LogP) is 2.86. The third kappa shape index (κ3) is 2.45. The molecule has 0 aromatic heterocycles. The highest BCUT2D eigenvalue weighted by atomic mass is 16.5. The van der Waals surface area contributed by atoms with Gasteiger partial charge in [-0.2, -0.15) is 0 Å². The zero-order valence-corrected chi connectivity index (χ0v) is 10.4. The van der Waals surface area contributed by atoms with E-state index in [0.717, 1.165) is 13.2 Å². The van der Waals surface area contributed by atoms with E-state index in [2.05, 4.69) is 50.4 Å². The van der Waals surface area contributed by atoms with E-state index in [0.29, 0.717) is 12.0 Å². The van der Waals surface area contributed by atoms with Crippen LogP contribution in [-0.4, -0.2) is 19.2 Å². The van der Waals surface area contributed by atoms with Crippen LogP contribution in [-0.2, 0) is 4.74 Å². The van der Waals surface area contributed by atoms with Crippen LogP contribution in [0, 0.1) is 0 Å². The number of nitrogens with one attached hydrogen (secondary N) is 1. The molecule has 0 aliphatic carbocycles. The molecule has 1 aromatic rings. The topological polar surface area (TPSA) is 21.3 Å². The van der Waals surface area contributed by atoms with Crippen molar-refractivity contribution in [2.45, 2.75) is 38.8 Å². The standard InChI is InChI=1S/C14H21NO/c1-10(2)12-4-6-13(7-5-12)14-11(3)15-8-9-16-14/h4-7,10-11,14-15H,8-9H2,1-3H3. The average Bonchev–Trinajstić information content (AvgIpc) is 2.30. The minimum Gasteiger partial charge on any atom is -0.371 e. The van der Waals surface area contributed by atoms with Gasteiger partial charge in [-0.1, -0.05) is 38.1 Å². The number of ether oxygens (including phenoxy) is 1. The van der Waals surface area contributed by atoms with Crippen molar-refractivity contribution in [2.24, 2.45) is 0 Å². The quantitative estimate of drug-likeness (QED) is 0.826. The highest BCUT2D eigenvalue weighted by Gasteiger charge is 2.22. The molecule has 16 heavy (non-hydrogen) atoms. The van der Waals surface area contributed by atoms with E-state index >= 15 is 0 Å². The summed E-state index contributed by atoms with van der Waals surface area (Å²) in [7, 11) is 0. The Morgan fingerprint density at radius 2 is 1.94 bits per heavy atom. The second kappa shape index (κ2) is 4.98. The third-order valence-corrected chi connectivity index (χ3v) is 3.25. The second-order valence-electron chi connectivity index (χ2n) is 4.86. The molecule has 1 aliphatic rings. The molecule has 1 aliphatic heterocycles. The molecule has 2 unspecified atom stereocenters. The van der Waals surface area contributed by atoms with E-state index in [1.54, 1.807) is 0 Å². The Labute approximate surface area is 98.0 Å². The van der Waals surface area contributed by atoms with Crippen LogP contribution in [0.2, 0.25) is 0 Å². The molecule has 1 N–H and O–H groups in total. The summed E-state index contributed by atoms with van der Waals surface area (Å²) in [6.07, 6.45) is 0.204. The van der Waals surface area contributed by atoms with Crippen LogP contribution in [0.3, 0.4) is 0 Å². The lowest BCUT2D eigenvalue weighted by Crippen LogP contribution is -2.41. The highest BCUT2D eigenvalue weighted by molar-refractivity contribution is 5.27. The molecule has 1 fully saturated rings. The Kier molecular flexibility index (Phi) is 3.62. The number of hydrogen-bond acceptors (Lipinski definition) is 2. The summed E-state index contributed by atoms with van der Waals surface area (Å²) < 4.78 is 5.81. The van der Waals surface area contributed by atoms with Gasteiger partial charge in [0, 0.05) is 12.6 Å². The first-order chi connectivity index (χ1) is 7.68. The van der Waals surface area contributed by atoms with E-state index in [1.165, 1.54) is 11.1 Å². The molecule has 88 valence electrons. The fourth-order valence-electron chi connectivity index (χ4n) is 2.18. The SMILES string of the molecule is CC(C)c1ccc(C2OCCNC2C)cc1. The summed E-state index contributed by atoms with van der Waals surface area (Å²) in [4.78, 5) is 0. The molecule has 1 aromatic carbocycles. The lowest BCUT2D eigenvalue weighted by atomic mass is 9.97. The molecule has 2 rings (SSSR count). The van der Waals surface area contributed by atoms with Gasteiger partial charge in [-0.05, 0) is 24.0 Å². The molecule has 0 bridgehead atoms. The molecule has 1 saturated heterocycles. The maximum atomic E-state index is 5.81. The Balaban J connectivity index is 2.14. The summed E-state index contributed by atoms with van der Waals surface area (Å²) in [5.41, 5.74) is 2.67. The smallest absolute Gasteiger partial charge is 0.0975 e. The number of rotatable bonds is 2. The van der Waals surface area contributed by atoms with Gasteiger partial charge in [0.05, 0.1) is 12.7 Å². The van der Waals surface area contributed by atoms with E-state index in [-0.39, 0.29) is 6.10 Å². The van der Waals surface area contributed by atoms with Crippen molar-refractivity contribution < 1.29 is 4.74 Å². The van der Waals surface area contributed by atoms with Gasteiger partial charge >= 0.3 is 0 Å². The largest absolute Gasteiger partial charge is 0.371 e. The van der Waals surface area contributed by atoms with Crippen LogP contribution >= 0.6 is 0 Å². The van der Waals surface area contributed by atoms with E-state index in [9.17, 15) is 0 Å². The Bertz CT molecular complexity index is 331. The van der Waals surface area contributed by atoms with Crippen molar-refractivity contribution in [3.05, 3.63) is 35.4 Å². The first-order valence-corrected chi connectivity index (χ1v) is 6.13. The summed E-state index contributed by atoms with van der Waals surface area (Å²) in [5.74, 6) is 0.594.